The summed E-state index contributed by atoms with van der Waals surface area (Å²) in [5.74, 6) is 1.55. The second-order valence-corrected chi connectivity index (χ2v) is 7.74. The Morgan fingerprint density at radius 3 is 2.67 bits per heavy atom. The average Bonchev–Trinajstić information content (AvgIpc) is 3.47. The molecule has 160 valence electrons. The first-order valence-corrected chi connectivity index (χ1v) is 10.6. The zero-order valence-electron chi connectivity index (χ0n) is 17.0. The molecule has 2 aromatic rings. The van der Waals surface area contributed by atoms with Gasteiger partial charge in [-0.15, -0.1) is 0 Å². The summed E-state index contributed by atoms with van der Waals surface area (Å²) in [6.07, 6.45) is 4.42. The van der Waals surface area contributed by atoms with Crippen molar-refractivity contribution in [2.75, 3.05) is 38.2 Å². The third kappa shape index (κ3) is 4.99. The fourth-order valence-corrected chi connectivity index (χ4v) is 4.01. The number of piperidine rings is 1. The number of hydrogen-bond acceptors (Lipinski definition) is 5. The smallest absolute Gasteiger partial charge is 0.228 e. The van der Waals surface area contributed by atoms with Crippen LogP contribution < -0.4 is 10.1 Å². The molecule has 1 N–H and O–H groups in total. The third-order valence-corrected chi connectivity index (χ3v) is 5.68. The Morgan fingerprint density at radius 1 is 1.13 bits per heavy atom. The highest BCUT2D eigenvalue weighted by atomic mass is 16.5. The molecular weight excluding hydrogens is 384 g/mol. The van der Waals surface area contributed by atoms with Gasteiger partial charge in [0, 0.05) is 25.8 Å². The lowest BCUT2D eigenvalue weighted by atomic mass is 10.0. The number of anilines is 1. The van der Waals surface area contributed by atoms with E-state index in [1.807, 2.05) is 46.0 Å². The summed E-state index contributed by atoms with van der Waals surface area (Å²) in [4.78, 5) is 26.8. The summed E-state index contributed by atoms with van der Waals surface area (Å²) in [7, 11) is 0. The number of likely N-dealkylation sites (tertiary alicyclic amines) is 1. The number of nitrogens with zero attached hydrogens (tertiary/aromatic N) is 3. The van der Waals surface area contributed by atoms with Gasteiger partial charge in [0.25, 0.3) is 0 Å². The fraction of sp³-hybridized carbons (Fsp3) is 0.500. The topological polar surface area (TPSA) is 85.7 Å². The number of rotatable bonds is 7. The molecule has 30 heavy (non-hydrogen) atoms. The van der Waals surface area contributed by atoms with Gasteiger partial charge in [-0.1, -0.05) is 18.2 Å². The second-order valence-electron chi connectivity index (χ2n) is 7.74. The highest BCUT2D eigenvalue weighted by Gasteiger charge is 2.31. The molecule has 1 aromatic heterocycles. The van der Waals surface area contributed by atoms with Crippen LogP contribution >= 0.6 is 0 Å². The number of aromatic nitrogens is 2. The van der Waals surface area contributed by atoms with Crippen molar-refractivity contribution in [1.82, 2.24) is 14.7 Å². The quantitative estimate of drug-likeness (QED) is 0.755. The number of carbonyl (C=O) groups is 2. The SMILES string of the molecule is O=C(CCOc1ccccc1)Nc1ccnn1C1CCN(C(=O)C2CCOC2)CC1. The van der Waals surface area contributed by atoms with Crippen molar-refractivity contribution in [3.63, 3.8) is 0 Å². The van der Waals surface area contributed by atoms with Crippen molar-refractivity contribution in [2.24, 2.45) is 5.92 Å². The molecule has 0 radical (unpaired) electrons. The van der Waals surface area contributed by atoms with Crippen LogP contribution in [-0.4, -0.2) is 59.4 Å². The first-order valence-electron chi connectivity index (χ1n) is 10.6. The van der Waals surface area contributed by atoms with Gasteiger partial charge in [-0.2, -0.15) is 5.10 Å². The van der Waals surface area contributed by atoms with Crippen LogP contribution in [-0.2, 0) is 14.3 Å². The maximum Gasteiger partial charge on any atom is 0.228 e. The third-order valence-electron chi connectivity index (χ3n) is 5.68. The molecule has 8 heteroatoms. The van der Waals surface area contributed by atoms with E-state index in [0.29, 0.717) is 38.7 Å². The van der Waals surface area contributed by atoms with E-state index < -0.39 is 0 Å². The predicted molar refractivity (Wildman–Crippen MR) is 111 cm³/mol. The molecular formula is C22H28N4O4. The second kappa shape index (κ2) is 9.75. The molecule has 2 fully saturated rings. The zero-order valence-corrected chi connectivity index (χ0v) is 17.0. The Morgan fingerprint density at radius 2 is 1.93 bits per heavy atom. The van der Waals surface area contributed by atoms with Gasteiger partial charge in [-0.05, 0) is 31.4 Å². The van der Waals surface area contributed by atoms with Crippen molar-refractivity contribution in [1.29, 1.82) is 0 Å². The summed E-state index contributed by atoms with van der Waals surface area (Å²) >= 11 is 0. The van der Waals surface area contributed by atoms with Crippen molar-refractivity contribution in [2.45, 2.75) is 31.7 Å². The van der Waals surface area contributed by atoms with Crippen molar-refractivity contribution in [3.05, 3.63) is 42.6 Å². The van der Waals surface area contributed by atoms with Gasteiger partial charge in [-0.25, -0.2) is 4.68 Å². The molecule has 0 spiro atoms. The minimum Gasteiger partial charge on any atom is -0.493 e. The van der Waals surface area contributed by atoms with Crippen molar-refractivity contribution < 1.29 is 19.1 Å². The lowest BCUT2D eigenvalue weighted by Crippen LogP contribution is -2.42. The fourth-order valence-electron chi connectivity index (χ4n) is 4.01. The molecule has 0 saturated carbocycles. The molecule has 8 nitrogen and oxygen atoms in total. The number of hydrogen-bond donors (Lipinski definition) is 1. The Bertz CT molecular complexity index is 840. The number of para-hydroxylation sites is 1. The van der Waals surface area contributed by atoms with Crippen LogP contribution in [0.3, 0.4) is 0 Å². The van der Waals surface area contributed by atoms with Crippen LogP contribution in [0.25, 0.3) is 0 Å². The van der Waals surface area contributed by atoms with Crippen LogP contribution in [0.1, 0.15) is 31.7 Å². The molecule has 1 unspecified atom stereocenters. The molecule has 1 aromatic carbocycles. The van der Waals surface area contributed by atoms with Crippen LogP contribution in [0.2, 0.25) is 0 Å². The molecule has 0 aliphatic carbocycles. The summed E-state index contributed by atoms with van der Waals surface area (Å²) in [5.41, 5.74) is 0. The summed E-state index contributed by atoms with van der Waals surface area (Å²) in [5, 5.41) is 7.35. The Labute approximate surface area is 176 Å². The van der Waals surface area contributed by atoms with Gasteiger partial charge in [0.1, 0.15) is 11.6 Å². The van der Waals surface area contributed by atoms with Crippen LogP contribution in [0.5, 0.6) is 5.75 Å². The van der Waals surface area contributed by atoms with Crippen molar-refractivity contribution in [3.8, 4) is 5.75 Å². The van der Waals surface area contributed by atoms with E-state index in [1.54, 1.807) is 6.20 Å². The first kappa shape index (κ1) is 20.4. The maximum atomic E-state index is 12.6. The van der Waals surface area contributed by atoms with Crippen LogP contribution in [0, 0.1) is 5.92 Å². The van der Waals surface area contributed by atoms with E-state index in [9.17, 15) is 9.59 Å². The van der Waals surface area contributed by atoms with Crippen molar-refractivity contribution >= 4 is 17.6 Å². The van der Waals surface area contributed by atoms with E-state index in [1.165, 1.54) is 0 Å². The molecule has 0 bridgehead atoms. The maximum absolute atomic E-state index is 12.6. The van der Waals surface area contributed by atoms with Crippen LogP contribution in [0.4, 0.5) is 5.82 Å². The number of nitrogens with one attached hydrogen (secondary N) is 1. The normalized spacial score (nSPS) is 19.6. The Balaban J connectivity index is 1.25. The van der Waals surface area contributed by atoms with E-state index in [-0.39, 0.29) is 30.2 Å². The largest absolute Gasteiger partial charge is 0.493 e. The molecule has 2 aliphatic heterocycles. The van der Waals surface area contributed by atoms with E-state index in [2.05, 4.69) is 10.4 Å². The van der Waals surface area contributed by atoms with Gasteiger partial charge in [-0.3, -0.25) is 9.59 Å². The van der Waals surface area contributed by atoms with Gasteiger partial charge in [0.05, 0.1) is 37.8 Å². The number of carbonyl (C=O) groups excluding carboxylic acids is 2. The predicted octanol–water partition coefficient (Wildman–Crippen LogP) is 2.49. The number of ether oxygens (including phenoxy) is 2. The first-order chi connectivity index (χ1) is 14.7. The van der Waals surface area contributed by atoms with Gasteiger partial charge >= 0.3 is 0 Å². The Hall–Kier alpha value is -2.87. The van der Waals surface area contributed by atoms with E-state index >= 15 is 0 Å². The Kier molecular flexibility index (Phi) is 6.63. The zero-order chi connectivity index (χ0) is 20.8. The number of amides is 2. The molecule has 4 rings (SSSR count). The molecule has 1 atom stereocenters. The highest BCUT2D eigenvalue weighted by Crippen LogP contribution is 2.27. The monoisotopic (exact) mass is 412 g/mol. The van der Waals surface area contributed by atoms with Gasteiger partial charge < -0.3 is 19.7 Å². The lowest BCUT2D eigenvalue weighted by Gasteiger charge is -2.34. The minimum absolute atomic E-state index is 0.0132. The summed E-state index contributed by atoms with van der Waals surface area (Å²) in [6.45, 7) is 2.95. The molecule has 2 saturated heterocycles. The highest BCUT2D eigenvalue weighted by molar-refractivity contribution is 5.89. The average molecular weight is 412 g/mol. The summed E-state index contributed by atoms with van der Waals surface area (Å²) in [6, 6.07) is 11.4. The summed E-state index contributed by atoms with van der Waals surface area (Å²) < 4.78 is 12.8. The standard InChI is InChI=1S/C22H28N4O4/c27-21(10-15-30-19-4-2-1-3-5-19)24-20-6-11-23-26(20)18-7-12-25(13-8-18)22(28)17-9-14-29-16-17/h1-6,11,17-18H,7-10,12-16H2,(H,24,27). The minimum atomic E-state index is -0.110. The molecule has 3 heterocycles. The number of benzene rings is 1. The molecule has 2 aliphatic rings. The molecule has 2 amide bonds. The lowest BCUT2D eigenvalue weighted by molar-refractivity contribution is -0.136. The van der Waals surface area contributed by atoms with Gasteiger partial charge in [0.15, 0.2) is 0 Å². The van der Waals surface area contributed by atoms with E-state index in [4.69, 9.17) is 9.47 Å². The van der Waals surface area contributed by atoms with Gasteiger partial charge in [0.2, 0.25) is 11.8 Å². The van der Waals surface area contributed by atoms with Crippen LogP contribution in [0.15, 0.2) is 42.6 Å². The van der Waals surface area contributed by atoms with E-state index in [0.717, 1.165) is 25.0 Å².